The molecule has 2 fully saturated rings. The van der Waals surface area contributed by atoms with Crippen LogP contribution in [0.1, 0.15) is 32.1 Å². The van der Waals surface area contributed by atoms with Gasteiger partial charge in [-0.2, -0.15) is 0 Å². The summed E-state index contributed by atoms with van der Waals surface area (Å²) in [7, 11) is 1.30. The molecule has 1 saturated heterocycles. The third kappa shape index (κ3) is 3.72. The molecule has 2 aliphatic rings. The van der Waals surface area contributed by atoms with Crippen LogP contribution in [0.5, 0.6) is 0 Å². The smallest absolute Gasteiger partial charge is 0.211 e. The van der Waals surface area contributed by atoms with Gasteiger partial charge in [0.15, 0.2) is 0 Å². The second-order valence-corrected chi connectivity index (χ2v) is 8.71. The van der Waals surface area contributed by atoms with Crippen molar-refractivity contribution in [3.63, 3.8) is 0 Å². The van der Waals surface area contributed by atoms with E-state index in [-0.39, 0.29) is 0 Å². The zero-order valence-corrected chi connectivity index (χ0v) is 13.9. The van der Waals surface area contributed by atoms with Gasteiger partial charge < -0.3 is 10.2 Å². The van der Waals surface area contributed by atoms with Gasteiger partial charge in [-0.1, -0.05) is 0 Å². The van der Waals surface area contributed by atoms with Crippen LogP contribution in [-0.2, 0) is 10.0 Å². The summed E-state index contributed by atoms with van der Waals surface area (Å²) >= 11 is 0. The molecule has 0 aromatic rings. The Hall–Kier alpha value is -0.170. The topological polar surface area (TPSA) is 52.6 Å². The number of nitrogens with one attached hydrogen (secondary N) is 1. The molecule has 0 spiro atoms. The molecular formula is C14H29N3O2S. The Morgan fingerprint density at radius 2 is 2.00 bits per heavy atom. The fraction of sp³-hybridized carbons (Fsp3) is 1.00. The zero-order valence-electron chi connectivity index (χ0n) is 13.1. The van der Waals surface area contributed by atoms with E-state index in [1.54, 1.807) is 4.31 Å². The second-order valence-electron chi connectivity index (χ2n) is 6.73. The first kappa shape index (κ1) is 16.2. The van der Waals surface area contributed by atoms with Crippen molar-refractivity contribution in [2.45, 2.75) is 37.6 Å². The Kier molecular flexibility index (Phi) is 5.10. The van der Waals surface area contributed by atoms with Crippen LogP contribution in [0, 0.1) is 5.92 Å². The molecule has 1 aliphatic carbocycles. The van der Waals surface area contributed by atoms with Crippen LogP contribution in [-0.4, -0.2) is 69.7 Å². The molecule has 0 radical (unpaired) electrons. The molecule has 5 nitrogen and oxygen atoms in total. The fourth-order valence-electron chi connectivity index (χ4n) is 3.37. The highest BCUT2D eigenvalue weighted by molar-refractivity contribution is 7.88. The Morgan fingerprint density at radius 1 is 1.30 bits per heavy atom. The SMILES string of the molecule is CN(C)C1(CNCC2CCCN(S(C)(=O)=O)C2)CCC1. The normalized spacial score (nSPS) is 27.5. The highest BCUT2D eigenvalue weighted by atomic mass is 32.2. The van der Waals surface area contributed by atoms with Crippen LogP contribution < -0.4 is 5.32 Å². The van der Waals surface area contributed by atoms with E-state index in [1.165, 1.54) is 25.5 Å². The second kappa shape index (κ2) is 6.30. The molecule has 1 atom stereocenters. The summed E-state index contributed by atoms with van der Waals surface area (Å²) in [4.78, 5) is 2.34. The molecule has 118 valence electrons. The van der Waals surface area contributed by atoms with Gasteiger partial charge in [0.2, 0.25) is 10.0 Å². The average molecular weight is 303 g/mol. The molecule has 1 saturated carbocycles. The molecule has 2 rings (SSSR count). The molecular weight excluding hydrogens is 274 g/mol. The lowest BCUT2D eigenvalue weighted by Crippen LogP contribution is -2.57. The van der Waals surface area contributed by atoms with Gasteiger partial charge in [0.05, 0.1) is 6.26 Å². The standard InChI is InChI=1S/C14H29N3O2S/c1-16(2)14(7-5-8-14)12-15-10-13-6-4-9-17(11-13)20(3,18)19/h13,15H,4-12H2,1-3H3. The number of nitrogens with zero attached hydrogens (tertiary/aromatic N) is 2. The van der Waals surface area contributed by atoms with Crippen molar-refractivity contribution in [1.29, 1.82) is 0 Å². The van der Waals surface area contributed by atoms with Crippen molar-refractivity contribution in [3.05, 3.63) is 0 Å². The lowest BCUT2D eigenvalue weighted by atomic mass is 9.75. The Morgan fingerprint density at radius 3 is 2.50 bits per heavy atom. The van der Waals surface area contributed by atoms with Crippen LogP contribution in [0.3, 0.4) is 0 Å². The van der Waals surface area contributed by atoms with Crippen molar-refractivity contribution in [1.82, 2.24) is 14.5 Å². The van der Waals surface area contributed by atoms with E-state index in [4.69, 9.17) is 0 Å². The van der Waals surface area contributed by atoms with Crippen LogP contribution in [0.25, 0.3) is 0 Å². The molecule has 0 aromatic carbocycles. The maximum absolute atomic E-state index is 11.6. The Balaban J connectivity index is 1.77. The Bertz CT molecular complexity index is 418. The molecule has 1 aliphatic heterocycles. The van der Waals surface area contributed by atoms with Gasteiger partial charge in [0.25, 0.3) is 0 Å². The quantitative estimate of drug-likeness (QED) is 0.786. The first-order valence-corrected chi connectivity index (χ1v) is 9.52. The predicted octanol–water partition coefficient (Wildman–Crippen LogP) is 0.732. The van der Waals surface area contributed by atoms with Crippen molar-refractivity contribution < 1.29 is 8.42 Å². The fourth-order valence-corrected chi connectivity index (χ4v) is 4.31. The van der Waals surface area contributed by atoms with Gasteiger partial charge in [-0.05, 0) is 58.7 Å². The summed E-state index contributed by atoms with van der Waals surface area (Å²) in [6.07, 6.45) is 7.30. The van der Waals surface area contributed by atoms with Crippen LogP contribution >= 0.6 is 0 Å². The van der Waals surface area contributed by atoms with Crippen molar-refractivity contribution in [3.8, 4) is 0 Å². The molecule has 0 aromatic heterocycles. The van der Waals surface area contributed by atoms with Gasteiger partial charge in [-0.25, -0.2) is 12.7 Å². The molecule has 0 bridgehead atoms. The minimum atomic E-state index is -3.02. The third-order valence-electron chi connectivity index (χ3n) is 5.07. The summed E-state index contributed by atoms with van der Waals surface area (Å²) in [6, 6.07) is 0. The maximum atomic E-state index is 11.6. The third-order valence-corrected chi connectivity index (χ3v) is 6.34. The summed E-state index contributed by atoms with van der Waals surface area (Å²) in [5.74, 6) is 0.456. The predicted molar refractivity (Wildman–Crippen MR) is 82.3 cm³/mol. The number of likely N-dealkylation sites (N-methyl/N-ethyl adjacent to an activating group) is 1. The van der Waals surface area contributed by atoms with E-state index in [9.17, 15) is 8.42 Å². The molecule has 1 heterocycles. The van der Waals surface area contributed by atoms with Gasteiger partial charge in [-0.15, -0.1) is 0 Å². The number of hydrogen-bond acceptors (Lipinski definition) is 4. The molecule has 6 heteroatoms. The number of sulfonamides is 1. The lowest BCUT2D eigenvalue weighted by molar-refractivity contribution is 0.0584. The minimum absolute atomic E-state index is 0.338. The highest BCUT2D eigenvalue weighted by Gasteiger charge is 2.38. The van der Waals surface area contributed by atoms with Crippen molar-refractivity contribution in [2.75, 3.05) is 46.5 Å². The van der Waals surface area contributed by atoms with E-state index in [0.717, 1.165) is 25.9 Å². The largest absolute Gasteiger partial charge is 0.315 e. The van der Waals surface area contributed by atoms with Gasteiger partial charge >= 0.3 is 0 Å². The Labute approximate surface area is 123 Å². The number of piperidine rings is 1. The van der Waals surface area contributed by atoms with E-state index in [0.29, 0.717) is 24.5 Å². The number of rotatable bonds is 6. The van der Waals surface area contributed by atoms with Gasteiger partial charge in [0.1, 0.15) is 0 Å². The summed E-state index contributed by atoms with van der Waals surface area (Å²) in [6.45, 7) is 3.33. The zero-order chi connectivity index (χ0) is 14.8. The van der Waals surface area contributed by atoms with Crippen LogP contribution in [0.15, 0.2) is 0 Å². The maximum Gasteiger partial charge on any atom is 0.211 e. The van der Waals surface area contributed by atoms with E-state index in [2.05, 4.69) is 24.3 Å². The van der Waals surface area contributed by atoms with Gasteiger partial charge in [0, 0.05) is 25.2 Å². The van der Waals surface area contributed by atoms with Crippen LogP contribution in [0.4, 0.5) is 0 Å². The first-order valence-electron chi connectivity index (χ1n) is 7.67. The van der Waals surface area contributed by atoms with Crippen molar-refractivity contribution in [2.24, 2.45) is 5.92 Å². The first-order chi connectivity index (χ1) is 9.33. The summed E-state index contributed by atoms with van der Waals surface area (Å²) < 4.78 is 24.8. The lowest BCUT2D eigenvalue weighted by Gasteiger charge is -2.48. The number of hydrogen-bond donors (Lipinski definition) is 1. The van der Waals surface area contributed by atoms with E-state index < -0.39 is 10.0 Å². The average Bonchev–Trinajstić information content (AvgIpc) is 2.31. The van der Waals surface area contributed by atoms with Crippen molar-refractivity contribution >= 4 is 10.0 Å². The monoisotopic (exact) mass is 303 g/mol. The molecule has 0 amide bonds. The van der Waals surface area contributed by atoms with Gasteiger partial charge in [-0.3, -0.25) is 0 Å². The molecule has 1 N–H and O–H groups in total. The summed E-state index contributed by atoms with van der Waals surface area (Å²) in [5.41, 5.74) is 0.338. The van der Waals surface area contributed by atoms with E-state index in [1.807, 2.05) is 0 Å². The minimum Gasteiger partial charge on any atom is -0.315 e. The van der Waals surface area contributed by atoms with Crippen LogP contribution in [0.2, 0.25) is 0 Å². The molecule has 20 heavy (non-hydrogen) atoms. The molecule has 1 unspecified atom stereocenters. The van der Waals surface area contributed by atoms with E-state index >= 15 is 0 Å². The highest BCUT2D eigenvalue weighted by Crippen LogP contribution is 2.35. The summed E-state index contributed by atoms with van der Waals surface area (Å²) in [5, 5.41) is 3.59.